The summed E-state index contributed by atoms with van der Waals surface area (Å²) in [5.41, 5.74) is 2.45. The molecule has 0 saturated heterocycles. The molecular formula is C21H27N5O2. The van der Waals surface area contributed by atoms with Gasteiger partial charge in [0.1, 0.15) is 5.75 Å². The summed E-state index contributed by atoms with van der Waals surface area (Å²) in [4.78, 5) is 16.6. The highest BCUT2D eigenvalue weighted by atomic mass is 16.5. The number of ether oxygens (including phenoxy) is 1. The lowest BCUT2D eigenvalue weighted by atomic mass is 10.2. The van der Waals surface area contributed by atoms with Gasteiger partial charge in [0.15, 0.2) is 5.82 Å². The summed E-state index contributed by atoms with van der Waals surface area (Å²) in [5.74, 6) is 1.10. The molecular weight excluding hydrogens is 354 g/mol. The lowest BCUT2D eigenvalue weighted by Crippen LogP contribution is -2.15. The first kappa shape index (κ1) is 19.7. The van der Waals surface area contributed by atoms with Gasteiger partial charge in [0.05, 0.1) is 12.1 Å². The second kappa shape index (κ2) is 8.75. The highest BCUT2D eigenvalue weighted by Crippen LogP contribution is 2.25. The number of anilines is 2. The van der Waals surface area contributed by atoms with Crippen molar-refractivity contribution in [3.8, 4) is 5.75 Å². The SMILES string of the molecule is CN(C)CCCOc1ccc2c(NC(=O)c3ccc(N(C)C)cc3)n[nH]c2c1. The van der Waals surface area contributed by atoms with E-state index in [9.17, 15) is 4.79 Å². The van der Waals surface area contributed by atoms with Crippen LogP contribution in [0.5, 0.6) is 5.75 Å². The second-order valence-electron chi connectivity index (χ2n) is 7.18. The molecule has 3 aromatic rings. The largest absolute Gasteiger partial charge is 0.493 e. The third-order valence-electron chi connectivity index (χ3n) is 4.43. The quantitative estimate of drug-likeness (QED) is 0.586. The highest BCUT2D eigenvalue weighted by molar-refractivity contribution is 6.08. The Kier molecular flexibility index (Phi) is 6.16. The summed E-state index contributed by atoms with van der Waals surface area (Å²) in [6, 6.07) is 13.1. The number of aromatic nitrogens is 2. The Morgan fingerprint density at radius 1 is 1.11 bits per heavy atom. The molecule has 0 atom stereocenters. The summed E-state index contributed by atoms with van der Waals surface area (Å²) in [5, 5.41) is 10.9. The Morgan fingerprint density at radius 2 is 1.86 bits per heavy atom. The predicted octanol–water partition coefficient (Wildman–Crippen LogP) is 3.21. The molecule has 28 heavy (non-hydrogen) atoms. The van der Waals surface area contributed by atoms with Crippen LogP contribution < -0.4 is 15.0 Å². The monoisotopic (exact) mass is 381 g/mol. The molecule has 0 aliphatic heterocycles. The molecule has 0 bridgehead atoms. The van der Waals surface area contributed by atoms with E-state index in [-0.39, 0.29) is 5.91 Å². The zero-order chi connectivity index (χ0) is 20.1. The number of H-pyrrole nitrogens is 1. The van der Waals surface area contributed by atoms with Gasteiger partial charge in [-0.1, -0.05) is 0 Å². The summed E-state index contributed by atoms with van der Waals surface area (Å²) in [7, 11) is 8.02. The zero-order valence-corrected chi connectivity index (χ0v) is 16.8. The molecule has 0 saturated carbocycles. The summed E-state index contributed by atoms with van der Waals surface area (Å²) >= 11 is 0. The molecule has 1 aromatic heterocycles. The minimum atomic E-state index is -0.192. The van der Waals surface area contributed by atoms with Crippen LogP contribution >= 0.6 is 0 Å². The lowest BCUT2D eigenvalue weighted by molar-refractivity contribution is 0.102. The standard InChI is InChI=1S/C21H27N5O2/c1-25(2)12-5-13-28-17-10-11-18-19(14-17)23-24-20(18)22-21(27)15-6-8-16(9-7-15)26(3)4/h6-11,14H,5,12-13H2,1-4H3,(H2,22,23,24,27). The fraction of sp³-hybridized carbons (Fsp3) is 0.333. The minimum absolute atomic E-state index is 0.192. The van der Waals surface area contributed by atoms with Crippen molar-refractivity contribution >= 4 is 28.3 Å². The van der Waals surface area contributed by atoms with Gasteiger partial charge in [-0.2, -0.15) is 5.10 Å². The van der Waals surface area contributed by atoms with Gasteiger partial charge in [-0.15, -0.1) is 0 Å². The van der Waals surface area contributed by atoms with Crippen molar-refractivity contribution in [3.63, 3.8) is 0 Å². The molecule has 1 heterocycles. The van der Waals surface area contributed by atoms with Crippen LogP contribution in [0.15, 0.2) is 42.5 Å². The third kappa shape index (κ3) is 4.80. The number of aromatic amines is 1. The van der Waals surface area contributed by atoms with Gasteiger partial charge in [0.2, 0.25) is 0 Å². The minimum Gasteiger partial charge on any atom is -0.493 e. The van der Waals surface area contributed by atoms with Crippen LogP contribution in [0.25, 0.3) is 10.9 Å². The van der Waals surface area contributed by atoms with Gasteiger partial charge in [0, 0.05) is 43.3 Å². The van der Waals surface area contributed by atoms with Crippen LogP contribution in [0, 0.1) is 0 Å². The molecule has 0 fully saturated rings. The van der Waals surface area contributed by atoms with Crippen molar-refractivity contribution in [2.24, 2.45) is 0 Å². The maximum absolute atomic E-state index is 12.5. The van der Waals surface area contributed by atoms with Crippen LogP contribution in [-0.2, 0) is 0 Å². The number of rotatable bonds is 8. The molecule has 7 heteroatoms. The van der Waals surface area contributed by atoms with Crippen molar-refractivity contribution in [1.29, 1.82) is 0 Å². The molecule has 0 unspecified atom stereocenters. The van der Waals surface area contributed by atoms with Gasteiger partial charge in [-0.05, 0) is 56.9 Å². The summed E-state index contributed by atoms with van der Waals surface area (Å²) in [6.45, 7) is 1.64. The molecule has 148 valence electrons. The molecule has 0 spiro atoms. The second-order valence-corrected chi connectivity index (χ2v) is 7.18. The fourth-order valence-corrected chi connectivity index (χ4v) is 2.85. The number of amides is 1. The molecule has 7 nitrogen and oxygen atoms in total. The lowest BCUT2D eigenvalue weighted by Gasteiger charge is -2.12. The van der Waals surface area contributed by atoms with Crippen molar-refractivity contribution in [1.82, 2.24) is 15.1 Å². The van der Waals surface area contributed by atoms with Crippen molar-refractivity contribution in [2.75, 3.05) is 51.6 Å². The van der Waals surface area contributed by atoms with Gasteiger partial charge >= 0.3 is 0 Å². The molecule has 3 rings (SSSR count). The molecule has 2 N–H and O–H groups in total. The Balaban J connectivity index is 1.66. The number of nitrogens with zero attached hydrogens (tertiary/aromatic N) is 3. The van der Waals surface area contributed by atoms with Crippen LogP contribution in [0.4, 0.5) is 11.5 Å². The molecule has 1 amide bonds. The highest BCUT2D eigenvalue weighted by Gasteiger charge is 2.12. The fourth-order valence-electron chi connectivity index (χ4n) is 2.85. The van der Waals surface area contributed by atoms with Crippen molar-refractivity contribution in [2.45, 2.75) is 6.42 Å². The zero-order valence-electron chi connectivity index (χ0n) is 16.8. The van der Waals surface area contributed by atoms with Crippen molar-refractivity contribution in [3.05, 3.63) is 48.0 Å². The molecule has 2 aromatic carbocycles. The predicted molar refractivity (Wildman–Crippen MR) is 113 cm³/mol. The number of hydrogen-bond donors (Lipinski definition) is 2. The van der Waals surface area contributed by atoms with Gasteiger partial charge in [0.25, 0.3) is 5.91 Å². The third-order valence-corrected chi connectivity index (χ3v) is 4.43. The first-order valence-corrected chi connectivity index (χ1v) is 9.28. The van der Waals surface area contributed by atoms with E-state index in [1.54, 1.807) is 12.1 Å². The van der Waals surface area contributed by atoms with Crippen LogP contribution in [0.2, 0.25) is 0 Å². The van der Waals surface area contributed by atoms with E-state index in [1.807, 2.05) is 63.4 Å². The Hall–Kier alpha value is -3.06. The van der Waals surface area contributed by atoms with Gasteiger partial charge in [-0.25, -0.2) is 0 Å². The molecule has 0 aliphatic carbocycles. The number of benzene rings is 2. The maximum Gasteiger partial charge on any atom is 0.256 e. The Labute approximate surface area is 165 Å². The van der Waals surface area contributed by atoms with Gasteiger partial charge < -0.3 is 19.9 Å². The average Bonchev–Trinajstić information content (AvgIpc) is 3.07. The Bertz CT molecular complexity index is 932. The number of hydrogen-bond acceptors (Lipinski definition) is 5. The van der Waals surface area contributed by atoms with Crippen LogP contribution in [-0.4, -0.2) is 62.3 Å². The number of carbonyl (C=O) groups is 1. The van der Waals surface area contributed by atoms with E-state index in [0.29, 0.717) is 18.0 Å². The first-order valence-electron chi connectivity index (χ1n) is 9.28. The molecule has 0 radical (unpaired) electrons. The number of carbonyl (C=O) groups excluding carboxylic acids is 1. The van der Waals surface area contributed by atoms with Crippen LogP contribution in [0.3, 0.4) is 0 Å². The maximum atomic E-state index is 12.5. The number of nitrogens with one attached hydrogen (secondary N) is 2. The first-order chi connectivity index (χ1) is 13.4. The van der Waals surface area contributed by atoms with E-state index in [0.717, 1.165) is 35.3 Å². The normalized spacial score (nSPS) is 11.0. The van der Waals surface area contributed by atoms with E-state index < -0.39 is 0 Å². The Morgan fingerprint density at radius 3 is 2.54 bits per heavy atom. The topological polar surface area (TPSA) is 73.5 Å². The average molecular weight is 381 g/mol. The number of fused-ring (bicyclic) bond motifs is 1. The van der Waals surface area contributed by atoms with E-state index in [1.165, 1.54) is 0 Å². The summed E-state index contributed by atoms with van der Waals surface area (Å²) < 4.78 is 5.79. The smallest absolute Gasteiger partial charge is 0.256 e. The van der Waals surface area contributed by atoms with E-state index in [2.05, 4.69) is 20.4 Å². The van der Waals surface area contributed by atoms with E-state index >= 15 is 0 Å². The summed E-state index contributed by atoms with van der Waals surface area (Å²) in [6.07, 6.45) is 0.960. The van der Waals surface area contributed by atoms with Crippen molar-refractivity contribution < 1.29 is 9.53 Å². The van der Waals surface area contributed by atoms with E-state index in [4.69, 9.17) is 4.74 Å². The molecule has 0 aliphatic rings. The van der Waals surface area contributed by atoms with Gasteiger partial charge in [-0.3, -0.25) is 9.89 Å². The van der Waals surface area contributed by atoms with Crippen LogP contribution in [0.1, 0.15) is 16.8 Å².